The van der Waals surface area contributed by atoms with E-state index in [1.54, 1.807) is 24.3 Å². The number of nitrogen functional groups attached to an aromatic ring is 1. The highest BCUT2D eigenvalue weighted by molar-refractivity contribution is 7.89. The van der Waals surface area contributed by atoms with Gasteiger partial charge in [-0.3, -0.25) is 10.7 Å². The first-order valence-corrected chi connectivity index (χ1v) is 8.40. The maximum atomic E-state index is 12.3. The minimum Gasteiger partial charge on any atom is -0.324 e. The van der Waals surface area contributed by atoms with Crippen LogP contribution in [0.25, 0.3) is 0 Å². The van der Waals surface area contributed by atoms with Crippen molar-refractivity contribution in [3.63, 3.8) is 0 Å². The van der Waals surface area contributed by atoms with Crippen molar-refractivity contribution < 1.29 is 8.42 Å². The van der Waals surface area contributed by atoms with Crippen LogP contribution in [0.4, 0.5) is 5.69 Å². The minimum atomic E-state index is -3.44. The molecule has 110 valence electrons. The molecule has 0 spiro atoms. The third kappa shape index (κ3) is 2.95. The summed E-state index contributed by atoms with van der Waals surface area (Å²) in [6, 6.07) is 7.14. The quantitative estimate of drug-likeness (QED) is 0.543. The van der Waals surface area contributed by atoms with Gasteiger partial charge >= 0.3 is 0 Å². The van der Waals surface area contributed by atoms with Gasteiger partial charge in [-0.25, -0.2) is 13.1 Å². The number of likely N-dealkylation sites (tertiary alicyclic amines) is 1. The summed E-state index contributed by atoms with van der Waals surface area (Å²) >= 11 is 0. The zero-order valence-corrected chi connectivity index (χ0v) is 12.1. The van der Waals surface area contributed by atoms with E-state index in [2.05, 4.69) is 15.0 Å². The molecule has 0 bridgehead atoms. The van der Waals surface area contributed by atoms with Gasteiger partial charge in [-0.05, 0) is 43.5 Å². The van der Waals surface area contributed by atoms with E-state index in [-0.39, 0.29) is 10.9 Å². The van der Waals surface area contributed by atoms with Crippen molar-refractivity contribution in [1.82, 2.24) is 9.62 Å². The summed E-state index contributed by atoms with van der Waals surface area (Å²) in [6.45, 7) is 1.82. The van der Waals surface area contributed by atoms with Crippen LogP contribution in [0, 0.1) is 0 Å². The molecule has 1 heterocycles. The van der Waals surface area contributed by atoms with E-state index in [0.717, 1.165) is 19.5 Å². The van der Waals surface area contributed by atoms with E-state index in [1.807, 2.05) is 0 Å². The summed E-state index contributed by atoms with van der Waals surface area (Å²) in [4.78, 5) is 2.66. The lowest BCUT2D eigenvalue weighted by Gasteiger charge is -2.16. The van der Waals surface area contributed by atoms with E-state index >= 15 is 0 Å². The lowest BCUT2D eigenvalue weighted by Crippen LogP contribution is -2.37. The zero-order valence-electron chi connectivity index (χ0n) is 11.2. The lowest BCUT2D eigenvalue weighted by molar-refractivity contribution is 0.322. The second-order valence-electron chi connectivity index (χ2n) is 5.50. The molecule has 2 fully saturated rings. The molecule has 20 heavy (non-hydrogen) atoms. The summed E-state index contributed by atoms with van der Waals surface area (Å²) in [5, 5.41) is 0. The second-order valence-corrected chi connectivity index (χ2v) is 7.22. The Hall–Kier alpha value is -1.15. The second kappa shape index (κ2) is 5.33. The summed E-state index contributed by atoms with van der Waals surface area (Å²) in [7, 11) is -3.44. The van der Waals surface area contributed by atoms with Gasteiger partial charge in [0, 0.05) is 30.9 Å². The third-order valence-corrected chi connectivity index (χ3v) is 5.47. The number of nitrogens with zero attached hydrogens (tertiary/aromatic N) is 1. The monoisotopic (exact) mass is 296 g/mol. The van der Waals surface area contributed by atoms with Crippen molar-refractivity contribution in [2.45, 2.75) is 36.2 Å². The summed E-state index contributed by atoms with van der Waals surface area (Å²) in [5.74, 6) is 5.27. The Morgan fingerprint density at radius 1 is 1.15 bits per heavy atom. The molecule has 1 aliphatic heterocycles. The van der Waals surface area contributed by atoms with Crippen LogP contribution in [-0.2, 0) is 10.0 Å². The molecule has 1 atom stereocenters. The van der Waals surface area contributed by atoms with Gasteiger partial charge < -0.3 is 5.43 Å². The van der Waals surface area contributed by atoms with Gasteiger partial charge in [0.25, 0.3) is 0 Å². The predicted octanol–water partition coefficient (Wildman–Crippen LogP) is 0.487. The number of anilines is 1. The molecular formula is C13H20N4O2S. The van der Waals surface area contributed by atoms with Crippen LogP contribution in [0.2, 0.25) is 0 Å². The Kier molecular flexibility index (Phi) is 3.68. The van der Waals surface area contributed by atoms with Crippen molar-refractivity contribution >= 4 is 15.7 Å². The molecule has 1 aliphatic carbocycles. The van der Waals surface area contributed by atoms with E-state index in [4.69, 9.17) is 5.84 Å². The molecule has 2 aliphatic rings. The molecule has 1 aromatic rings. The normalized spacial score (nSPS) is 23.9. The first-order valence-electron chi connectivity index (χ1n) is 6.91. The SMILES string of the molecule is NNc1ccc(S(=O)(=O)NC2CCN(C3CC3)C2)cc1. The highest BCUT2D eigenvalue weighted by atomic mass is 32.2. The molecule has 1 unspecified atom stereocenters. The smallest absolute Gasteiger partial charge is 0.240 e. The molecule has 1 saturated carbocycles. The summed E-state index contributed by atoms with van der Waals surface area (Å²) in [6.07, 6.45) is 3.40. The van der Waals surface area contributed by atoms with Crippen molar-refractivity contribution in [3.8, 4) is 0 Å². The molecule has 1 aromatic carbocycles. The molecule has 0 radical (unpaired) electrons. The van der Waals surface area contributed by atoms with E-state index in [9.17, 15) is 8.42 Å². The predicted molar refractivity (Wildman–Crippen MR) is 77.6 cm³/mol. The minimum absolute atomic E-state index is 0.0212. The maximum Gasteiger partial charge on any atom is 0.240 e. The topological polar surface area (TPSA) is 87.5 Å². The molecule has 3 rings (SSSR count). The third-order valence-electron chi connectivity index (χ3n) is 3.94. The standard InChI is InChI=1S/C13H20N4O2S/c14-15-10-1-5-13(6-2-10)20(18,19)16-11-7-8-17(9-11)12-3-4-12/h1-2,5-6,11-12,15-16H,3-4,7-9,14H2. The van der Waals surface area contributed by atoms with Crippen LogP contribution < -0.4 is 16.0 Å². The van der Waals surface area contributed by atoms with Crippen LogP contribution in [0.1, 0.15) is 19.3 Å². The fourth-order valence-corrected chi connectivity index (χ4v) is 3.93. The molecule has 7 heteroatoms. The van der Waals surface area contributed by atoms with Crippen molar-refractivity contribution in [2.24, 2.45) is 5.84 Å². The average Bonchev–Trinajstić information content (AvgIpc) is 3.20. The largest absolute Gasteiger partial charge is 0.324 e. The zero-order chi connectivity index (χ0) is 14.2. The number of nitrogens with two attached hydrogens (primary N) is 1. The summed E-state index contributed by atoms with van der Waals surface area (Å²) < 4.78 is 27.4. The molecule has 0 aromatic heterocycles. The number of benzene rings is 1. The first-order chi connectivity index (χ1) is 9.58. The number of sulfonamides is 1. The number of hydrogen-bond acceptors (Lipinski definition) is 5. The van der Waals surface area contributed by atoms with Gasteiger partial charge in [-0.15, -0.1) is 0 Å². The number of hydrazine groups is 1. The van der Waals surface area contributed by atoms with Crippen molar-refractivity contribution in [3.05, 3.63) is 24.3 Å². The molecular weight excluding hydrogens is 276 g/mol. The van der Waals surface area contributed by atoms with Crippen LogP contribution >= 0.6 is 0 Å². The fourth-order valence-electron chi connectivity index (χ4n) is 2.67. The van der Waals surface area contributed by atoms with Crippen molar-refractivity contribution in [2.75, 3.05) is 18.5 Å². The van der Waals surface area contributed by atoms with Crippen LogP contribution in [0.5, 0.6) is 0 Å². The first kappa shape index (κ1) is 13.8. The highest BCUT2D eigenvalue weighted by Crippen LogP contribution is 2.30. The average molecular weight is 296 g/mol. The number of nitrogens with one attached hydrogen (secondary N) is 2. The van der Waals surface area contributed by atoms with Gasteiger partial charge in [-0.2, -0.15) is 0 Å². The molecule has 1 saturated heterocycles. The maximum absolute atomic E-state index is 12.3. The Balaban J connectivity index is 1.65. The molecule has 6 nitrogen and oxygen atoms in total. The molecule has 0 amide bonds. The van der Waals surface area contributed by atoms with E-state index < -0.39 is 10.0 Å². The fraction of sp³-hybridized carbons (Fsp3) is 0.538. The Bertz CT molecular complexity index is 569. The van der Waals surface area contributed by atoms with Gasteiger partial charge in [-0.1, -0.05) is 0 Å². The Labute approximate surface area is 119 Å². The number of hydrogen-bond donors (Lipinski definition) is 3. The van der Waals surface area contributed by atoms with Crippen LogP contribution in [0.3, 0.4) is 0 Å². The van der Waals surface area contributed by atoms with Crippen molar-refractivity contribution in [1.29, 1.82) is 0 Å². The molecule has 4 N–H and O–H groups in total. The van der Waals surface area contributed by atoms with Gasteiger partial charge in [0.2, 0.25) is 10.0 Å². The van der Waals surface area contributed by atoms with Crippen LogP contribution in [0.15, 0.2) is 29.2 Å². The highest BCUT2D eigenvalue weighted by Gasteiger charge is 2.35. The summed E-state index contributed by atoms with van der Waals surface area (Å²) in [5.41, 5.74) is 3.17. The Morgan fingerprint density at radius 3 is 2.45 bits per heavy atom. The Morgan fingerprint density at radius 2 is 1.85 bits per heavy atom. The van der Waals surface area contributed by atoms with Crippen LogP contribution in [-0.4, -0.2) is 38.5 Å². The number of rotatable bonds is 5. The lowest BCUT2D eigenvalue weighted by atomic mass is 10.3. The van der Waals surface area contributed by atoms with E-state index in [0.29, 0.717) is 11.7 Å². The van der Waals surface area contributed by atoms with Gasteiger partial charge in [0.1, 0.15) is 0 Å². The van der Waals surface area contributed by atoms with Gasteiger partial charge in [0.05, 0.1) is 4.90 Å². The van der Waals surface area contributed by atoms with E-state index in [1.165, 1.54) is 12.8 Å². The van der Waals surface area contributed by atoms with Gasteiger partial charge in [0.15, 0.2) is 0 Å².